The molecule has 200 valence electrons. The lowest BCUT2D eigenvalue weighted by molar-refractivity contribution is -0.133. The fraction of sp³-hybridized carbons (Fsp3) is 0.400. The zero-order valence-electron chi connectivity index (χ0n) is 20.0. The summed E-state index contributed by atoms with van der Waals surface area (Å²) in [7, 11) is 0. The van der Waals surface area contributed by atoms with Gasteiger partial charge >= 0.3 is 0 Å². The number of aromatic nitrogens is 3. The number of hydrogen-bond donors (Lipinski definition) is 0. The van der Waals surface area contributed by atoms with Crippen LogP contribution in [-0.2, 0) is 16.2 Å². The van der Waals surface area contributed by atoms with Gasteiger partial charge in [0.25, 0.3) is 12.9 Å². The van der Waals surface area contributed by atoms with E-state index in [1.807, 2.05) is 17.5 Å². The van der Waals surface area contributed by atoms with Crippen molar-refractivity contribution >= 4 is 29.2 Å². The van der Waals surface area contributed by atoms with Crippen LogP contribution >= 0.6 is 11.3 Å². The van der Waals surface area contributed by atoms with Crippen molar-refractivity contribution in [2.45, 2.75) is 50.7 Å². The standard InChI is InChI=1S/C25H23F4N5O3S/c26-23(27)18-9-20(24(28)29)34(31-18)11-22(36)33-7-5-14(6-8-33)25-30-19(13-38-25)17-10-21(37-32-17)16-4-2-1-3-15(16)12-35/h1-4,9,12-14,21,23-24H,5-8,10-11H2. The number of piperidine rings is 1. The van der Waals surface area contributed by atoms with Crippen LogP contribution in [0.15, 0.2) is 40.9 Å². The normalized spacial score (nSPS) is 18.2. The molecule has 13 heteroatoms. The number of amides is 1. The molecule has 8 nitrogen and oxygen atoms in total. The Morgan fingerprint density at radius 3 is 2.63 bits per heavy atom. The van der Waals surface area contributed by atoms with Gasteiger partial charge in [0.05, 0.1) is 10.7 Å². The molecule has 38 heavy (non-hydrogen) atoms. The van der Waals surface area contributed by atoms with Crippen LogP contribution in [-0.4, -0.2) is 50.7 Å². The fourth-order valence-electron chi connectivity index (χ4n) is 4.68. The maximum Gasteiger partial charge on any atom is 0.282 e. The van der Waals surface area contributed by atoms with E-state index in [2.05, 4.69) is 10.3 Å². The van der Waals surface area contributed by atoms with Crippen LogP contribution in [0.3, 0.4) is 0 Å². The maximum absolute atomic E-state index is 13.2. The molecule has 0 bridgehead atoms. The van der Waals surface area contributed by atoms with Crippen molar-refractivity contribution < 1.29 is 32.0 Å². The molecule has 1 amide bonds. The molecule has 0 aliphatic carbocycles. The molecule has 2 aliphatic rings. The minimum Gasteiger partial charge on any atom is -0.387 e. The van der Waals surface area contributed by atoms with Gasteiger partial charge in [0.1, 0.15) is 29.9 Å². The molecule has 3 aromatic rings. The van der Waals surface area contributed by atoms with Crippen LogP contribution in [0.2, 0.25) is 0 Å². The van der Waals surface area contributed by atoms with E-state index in [4.69, 9.17) is 9.82 Å². The number of benzene rings is 1. The Balaban J connectivity index is 1.17. The molecule has 1 atom stereocenters. The largest absolute Gasteiger partial charge is 0.387 e. The first-order chi connectivity index (χ1) is 18.3. The van der Waals surface area contributed by atoms with Crippen LogP contribution in [0, 0.1) is 0 Å². The Bertz CT molecular complexity index is 1350. The van der Waals surface area contributed by atoms with Crippen LogP contribution < -0.4 is 0 Å². The van der Waals surface area contributed by atoms with Crippen molar-refractivity contribution in [3.8, 4) is 0 Å². The Labute approximate surface area is 218 Å². The third kappa shape index (κ3) is 5.33. The lowest BCUT2D eigenvalue weighted by Gasteiger charge is -2.31. The van der Waals surface area contributed by atoms with Gasteiger partial charge in [-0.05, 0) is 18.9 Å². The predicted molar refractivity (Wildman–Crippen MR) is 130 cm³/mol. The summed E-state index contributed by atoms with van der Waals surface area (Å²) >= 11 is 1.49. The SMILES string of the molecule is O=Cc1ccccc1C1CC(c2csc(C3CCN(C(=O)Cn4nc(C(F)F)cc4C(F)F)CC3)n2)=NO1. The molecule has 2 aromatic heterocycles. The number of rotatable bonds is 8. The number of alkyl halides is 4. The first kappa shape index (κ1) is 26.0. The zero-order valence-corrected chi connectivity index (χ0v) is 20.8. The molecule has 2 aliphatic heterocycles. The number of carbonyl (C=O) groups is 2. The zero-order chi connectivity index (χ0) is 26.8. The van der Waals surface area contributed by atoms with E-state index < -0.39 is 36.7 Å². The van der Waals surface area contributed by atoms with Crippen molar-refractivity contribution in [3.05, 3.63) is 68.9 Å². The summed E-state index contributed by atoms with van der Waals surface area (Å²) < 4.78 is 52.9. The molecule has 4 heterocycles. The Morgan fingerprint density at radius 1 is 1.16 bits per heavy atom. The average molecular weight is 550 g/mol. The number of hydrogen-bond acceptors (Lipinski definition) is 7. The molecule has 5 rings (SSSR count). The molecule has 0 spiro atoms. The lowest BCUT2D eigenvalue weighted by Crippen LogP contribution is -2.40. The second-order valence-electron chi connectivity index (χ2n) is 9.06. The van der Waals surface area contributed by atoms with Crippen LogP contribution in [0.5, 0.6) is 0 Å². The monoisotopic (exact) mass is 549 g/mol. The summed E-state index contributed by atoms with van der Waals surface area (Å²) in [6.07, 6.45) is -3.84. The average Bonchev–Trinajstić information content (AvgIpc) is 3.68. The van der Waals surface area contributed by atoms with Gasteiger partial charge in [-0.25, -0.2) is 22.5 Å². The van der Waals surface area contributed by atoms with Gasteiger partial charge in [-0.3, -0.25) is 14.3 Å². The summed E-state index contributed by atoms with van der Waals surface area (Å²) in [6.45, 7) is 0.257. The van der Waals surface area contributed by atoms with Crippen LogP contribution in [0.25, 0.3) is 0 Å². The van der Waals surface area contributed by atoms with Crippen LogP contribution in [0.1, 0.15) is 82.1 Å². The number of carbonyl (C=O) groups excluding carboxylic acids is 2. The van der Waals surface area contributed by atoms with Crippen LogP contribution in [0.4, 0.5) is 17.6 Å². The van der Waals surface area contributed by atoms with Gasteiger partial charge < -0.3 is 9.74 Å². The van der Waals surface area contributed by atoms with E-state index in [0.717, 1.165) is 16.9 Å². The summed E-state index contributed by atoms with van der Waals surface area (Å²) in [5, 5.41) is 10.5. The van der Waals surface area contributed by atoms with Gasteiger partial charge in [-0.1, -0.05) is 29.4 Å². The fourth-order valence-corrected chi connectivity index (χ4v) is 5.68. The number of nitrogens with zero attached hydrogens (tertiary/aromatic N) is 5. The van der Waals surface area contributed by atoms with Gasteiger partial charge in [0.2, 0.25) is 5.91 Å². The third-order valence-corrected chi connectivity index (χ3v) is 7.72. The molecule has 0 radical (unpaired) electrons. The smallest absolute Gasteiger partial charge is 0.282 e. The van der Waals surface area contributed by atoms with E-state index in [-0.39, 0.29) is 12.0 Å². The second kappa shape index (κ2) is 11.0. The van der Waals surface area contributed by atoms with Crippen molar-refractivity contribution in [2.75, 3.05) is 13.1 Å². The minimum atomic E-state index is -3.02. The predicted octanol–water partition coefficient (Wildman–Crippen LogP) is 5.30. The molecular weight excluding hydrogens is 526 g/mol. The first-order valence-electron chi connectivity index (χ1n) is 12.0. The summed E-state index contributed by atoms with van der Waals surface area (Å²) in [6, 6.07) is 7.84. The minimum absolute atomic E-state index is 0.110. The van der Waals surface area contributed by atoms with Gasteiger partial charge in [0.15, 0.2) is 6.10 Å². The summed E-state index contributed by atoms with van der Waals surface area (Å²) in [5.74, 6) is -0.340. The molecule has 1 unspecified atom stereocenters. The number of thiazole rings is 1. The third-order valence-electron chi connectivity index (χ3n) is 6.72. The lowest BCUT2D eigenvalue weighted by atomic mass is 9.97. The van der Waals surface area contributed by atoms with E-state index >= 15 is 0 Å². The molecule has 0 N–H and O–H groups in total. The molecule has 1 saturated heterocycles. The molecule has 1 fully saturated rings. The van der Waals surface area contributed by atoms with Gasteiger partial charge in [0, 0.05) is 41.9 Å². The number of likely N-dealkylation sites (tertiary alicyclic amines) is 1. The van der Waals surface area contributed by atoms with Crippen molar-refractivity contribution in [3.63, 3.8) is 0 Å². The first-order valence-corrected chi connectivity index (χ1v) is 12.9. The number of aldehydes is 1. The maximum atomic E-state index is 13.2. The Morgan fingerprint density at radius 2 is 1.92 bits per heavy atom. The van der Waals surface area contributed by atoms with Gasteiger partial charge in [-0.2, -0.15) is 5.10 Å². The van der Waals surface area contributed by atoms with Gasteiger partial charge in [-0.15, -0.1) is 11.3 Å². The Kier molecular flexibility index (Phi) is 7.54. The van der Waals surface area contributed by atoms with E-state index in [0.29, 0.717) is 60.1 Å². The van der Waals surface area contributed by atoms with Crippen molar-refractivity contribution in [1.29, 1.82) is 0 Å². The number of halogens is 4. The summed E-state index contributed by atoms with van der Waals surface area (Å²) in [5.41, 5.74) is 1.26. The second-order valence-corrected chi connectivity index (χ2v) is 9.95. The highest BCUT2D eigenvalue weighted by molar-refractivity contribution is 7.10. The van der Waals surface area contributed by atoms with E-state index in [1.54, 1.807) is 12.1 Å². The highest BCUT2D eigenvalue weighted by Gasteiger charge is 2.30. The number of oxime groups is 1. The van der Waals surface area contributed by atoms with Crippen molar-refractivity contribution in [1.82, 2.24) is 19.7 Å². The van der Waals surface area contributed by atoms with E-state index in [9.17, 15) is 27.2 Å². The summed E-state index contributed by atoms with van der Waals surface area (Å²) in [4.78, 5) is 35.9. The van der Waals surface area contributed by atoms with E-state index in [1.165, 1.54) is 16.2 Å². The highest BCUT2D eigenvalue weighted by atomic mass is 32.1. The highest BCUT2D eigenvalue weighted by Crippen LogP contribution is 2.34. The topological polar surface area (TPSA) is 89.7 Å². The molecule has 1 aromatic carbocycles. The molecule has 0 saturated carbocycles. The quantitative estimate of drug-likeness (QED) is 0.281. The Hall–Kier alpha value is -3.61. The molecular formula is C25H23F4N5O3S. The van der Waals surface area contributed by atoms with Crippen molar-refractivity contribution in [2.24, 2.45) is 5.16 Å².